The van der Waals surface area contributed by atoms with E-state index in [-0.39, 0.29) is 16.7 Å². The Hall–Kier alpha value is -3.84. The van der Waals surface area contributed by atoms with Crippen molar-refractivity contribution in [2.45, 2.75) is 71.1 Å². The molecule has 40 heavy (non-hydrogen) atoms. The number of carbonyl (C=O) groups is 1. The van der Waals surface area contributed by atoms with E-state index in [1.807, 2.05) is 0 Å². The van der Waals surface area contributed by atoms with Crippen LogP contribution in [0.3, 0.4) is 0 Å². The Bertz CT molecular complexity index is 1400. The number of anilines is 1. The van der Waals surface area contributed by atoms with Crippen molar-refractivity contribution in [3.63, 3.8) is 0 Å². The molecule has 0 bridgehead atoms. The van der Waals surface area contributed by atoms with Crippen molar-refractivity contribution in [3.8, 4) is 12.3 Å². The number of amides is 1. The third-order valence-corrected chi connectivity index (χ3v) is 8.32. The van der Waals surface area contributed by atoms with E-state index >= 15 is 0 Å². The lowest BCUT2D eigenvalue weighted by Crippen LogP contribution is -2.28. The van der Waals surface area contributed by atoms with Gasteiger partial charge in [-0.3, -0.25) is 4.79 Å². The number of nitrogens with one attached hydrogen (secondary N) is 1. The first-order valence-electron chi connectivity index (χ1n) is 14.6. The van der Waals surface area contributed by atoms with Crippen molar-refractivity contribution in [1.82, 2.24) is 5.32 Å². The van der Waals surface area contributed by atoms with Gasteiger partial charge in [0.1, 0.15) is 6.54 Å². The summed E-state index contributed by atoms with van der Waals surface area (Å²) in [5.74, 6) is 2.49. The van der Waals surface area contributed by atoms with Gasteiger partial charge in [-0.15, -0.1) is 6.42 Å². The first kappa shape index (κ1) is 29.2. The fraction of sp³-hybridized carbons (Fsp3) is 0.389. The molecule has 0 spiro atoms. The summed E-state index contributed by atoms with van der Waals surface area (Å²) in [6.45, 7) is 13.6. The minimum Gasteiger partial charge on any atom is -0.345 e. The fourth-order valence-corrected chi connectivity index (χ4v) is 6.19. The van der Waals surface area contributed by atoms with Crippen molar-refractivity contribution < 1.29 is 9.37 Å². The number of rotatable bonds is 11. The number of benzene rings is 2. The Labute approximate surface area is 241 Å². The molecule has 4 rings (SSSR count). The molecule has 0 saturated heterocycles. The van der Waals surface area contributed by atoms with Crippen LogP contribution in [-0.2, 0) is 15.6 Å². The van der Waals surface area contributed by atoms with Gasteiger partial charge in [-0.25, -0.2) is 0 Å². The zero-order valence-corrected chi connectivity index (χ0v) is 24.8. The zero-order chi connectivity index (χ0) is 28.8. The lowest BCUT2D eigenvalue weighted by Gasteiger charge is -2.25. The highest BCUT2D eigenvalue weighted by molar-refractivity contribution is 6.03. The molecule has 1 N–H and O–H groups in total. The summed E-state index contributed by atoms with van der Waals surface area (Å²) in [6, 6.07) is 17.5. The third-order valence-electron chi connectivity index (χ3n) is 8.32. The van der Waals surface area contributed by atoms with Gasteiger partial charge in [0.15, 0.2) is 5.71 Å². The molecule has 0 fully saturated rings. The van der Waals surface area contributed by atoms with Gasteiger partial charge >= 0.3 is 0 Å². The quantitative estimate of drug-likeness (QED) is 0.143. The monoisotopic (exact) mass is 534 g/mol. The molecule has 0 unspecified atom stereocenters. The summed E-state index contributed by atoms with van der Waals surface area (Å²) < 4.78 is 2.46. The van der Waals surface area contributed by atoms with E-state index in [0.717, 1.165) is 32.4 Å². The van der Waals surface area contributed by atoms with Gasteiger partial charge in [0.2, 0.25) is 11.6 Å². The smallest absolute Gasteiger partial charge is 0.220 e. The van der Waals surface area contributed by atoms with Crippen LogP contribution in [0.4, 0.5) is 11.4 Å². The Balaban J connectivity index is 1.49. The molecular formula is C36H44N3O+. The molecule has 2 aliphatic heterocycles. The summed E-state index contributed by atoms with van der Waals surface area (Å²) in [5.41, 5.74) is 7.88. The summed E-state index contributed by atoms with van der Waals surface area (Å²) in [6.07, 6.45) is 19.7. The number of carbonyl (C=O) groups excluding carboxylic acids is 1. The number of para-hydroxylation sites is 2. The van der Waals surface area contributed by atoms with Crippen LogP contribution in [0.5, 0.6) is 0 Å². The van der Waals surface area contributed by atoms with Gasteiger partial charge in [-0.2, -0.15) is 4.58 Å². The third kappa shape index (κ3) is 5.85. The van der Waals surface area contributed by atoms with Crippen molar-refractivity contribution in [3.05, 3.63) is 95.7 Å². The SMILES string of the molecule is C#CCNC(=O)CCCCC[N+]1=C(C=CC=CC=C2N(CC)c3ccccc3C2(C)C)C(C)(C)c2ccccc21. The minimum atomic E-state index is -0.0807. The van der Waals surface area contributed by atoms with Gasteiger partial charge < -0.3 is 10.2 Å². The Morgan fingerprint density at radius 2 is 1.68 bits per heavy atom. The molecular weight excluding hydrogens is 490 g/mol. The van der Waals surface area contributed by atoms with Crippen LogP contribution in [-0.4, -0.2) is 35.8 Å². The number of allylic oxidation sites excluding steroid dienone is 6. The number of terminal acetylenes is 1. The Morgan fingerprint density at radius 3 is 2.42 bits per heavy atom. The van der Waals surface area contributed by atoms with E-state index in [9.17, 15) is 4.79 Å². The molecule has 4 nitrogen and oxygen atoms in total. The van der Waals surface area contributed by atoms with E-state index < -0.39 is 0 Å². The summed E-state index contributed by atoms with van der Waals surface area (Å²) in [4.78, 5) is 14.3. The molecule has 4 heteroatoms. The maximum atomic E-state index is 11.9. The average molecular weight is 535 g/mol. The number of fused-ring (bicyclic) bond motifs is 2. The van der Waals surface area contributed by atoms with E-state index in [2.05, 4.69) is 134 Å². The number of unbranched alkanes of at least 4 members (excludes halogenated alkanes) is 2. The van der Waals surface area contributed by atoms with Crippen molar-refractivity contribution in [2.75, 3.05) is 24.5 Å². The number of hydrogen-bond donors (Lipinski definition) is 1. The number of hydrogen-bond acceptors (Lipinski definition) is 2. The van der Waals surface area contributed by atoms with Gasteiger partial charge in [-0.1, -0.05) is 74.4 Å². The van der Waals surface area contributed by atoms with Crippen LogP contribution in [0.1, 0.15) is 71.4 Å². The van der Waals surface area contributed by atoms with Crippen LogP contribution < -0.4 is 10.2 Å². The predicted octanol–water partition coefficient (Wildman–Crippen LogP) is 7.19. The van der Waals surface area contributed by atoms with E-state index in [4.69, 9.17) is 6.42 Å². The Morgan fingerprint density at radius 1 is 0.950 bits per heavy atom. The van der Waals surface area contributed by atoms with Gasteiger partial charge in [0, 0.05) is 53.9 Å². The number of nitrogens with zero attached hydrogens (tertiary/aromatic N) is 2. The topological polar surface area (TPSA) is 35.4 Å². The van der Waals surface area contributed by atoms with Crippen molar-refractivity contribution >= 4 is 23.0 Å². The molecule has 2 aromatic carbocycles. The Kier molecular flexibility index (Phi) is 9.15. The molecule has 1 amide bonds. The predicted molar refractivity (Wildman–Crippen MR) is 168 cm³/mol. The lowest BCUT2D eigenvalue weighted by atomic mass is 9.81. The highest BCUT2D eigenvalue weighted by atomic mass is 16.1. The molecule has 0 aromatic heterocycles. The second-order valence-corrected chi connectivity index (χ2v) is 11.7. The summed E-state index contributed by atoms with van der Waals surface area (Å²) in [7, 11) is 0. The molecule has 208 valence electrons. The number of likely N-dealkylation sites (N-methyl/N-ethyl adjacent to an activating group) is 1. The molecule has 2 heterocycles. The standard InChI is InChI=1S/C36H43N3O/c1-7-26-37-34(40)25-13-10-18-27-39-31-22-17-15-20-29(31)36(5,6)33(39)24-12-9-11-23-32-35(3,4)28-19-14-16-21-30(28)38(32)8-2/h1,9,11-12,14-17,19-24H,8,10,13,18,25-27H2,2-6H3/p+1. The first-order valence-corrected chi connectivity index (χ1v) is 14.6. The zero-order valence-electron chi connectivity index (χ0n) is 24.8. The lowest BCUT2D eigenvalue weighted by molar-refractivity contribution is -0.438. The maximum Gasteiger partial charge on any atom is 0.220 e. The van der Waals surface area contributed by atoms with Gasteiger partial charge in [-0.05, 0) is 51.3 Å². The summed E-state index contributed by atoms with van der Waals surface area (Å²) in [5, 5.41) is 2.75. The normalized spacial score (nSPS) is 18.0. The molecule has 0 aliphatic carbocycles. The average Bonchev–Trinajstić information content (AvgIpc) is 3.30. The highest BCUT2D eigenvalue weighted by Gasteiger charge is 2.43. The van der Waals surface area contributed by atoms with Crippen LogP contribution >= 0.6 is 0 Å². The van der Waals surface area contributed by atoms with Crippen LogP contribution in [0.2, 0.25) is 0 Å². The molecule has 2 aromatic rings. The van der Waals surface area contributed by atoms with Crippen LogP contribution in [0.15, 0.2) is 84.6 Å². The van der Waals surface area contributed by atoms with Crippen LogP contribution in [0, 0.1) is 12.3 Å². The summed E-state index contributed by atoms with van der Waals surface area (Å²) >= 11 is 0. The van der Waals surface area contributed by atoms with Gasteiger partial charge in [0.05, 0.1) is 12.0 Å². The van der Waals surface area contributed by atoms with Crippen molar-refractivity contribution in [2.24, 2.45) is 0 Å². The second-order valence-electron chi connectivity index (χ2n) is 11.7. The van der Waals surface area contributed by atoms with E-state index in [1.54, 1.807) is 0 Å². The molecule has 0 atom stereocenters. The van der Waals surface area contributed by atoms with E-state index in [0.29, 0.717) is 13.0 Å². The molecule has 0 saturated carbocycles. The minimum absolute atomic E-state index is 0.0245. The first-order chi connectivity index (χ1) is 19.2. The van der Waals surface area contributed by atoms with Crippen LogP contribution in [0.25, 0.3) is 0 Å². The van der Waals surface area contributed by atoms with Crippen molar-refractivity contribution in [1.29, 1.82) is 0 Å². The van der Waals surface area contributed by atoms with Gasteiger partial charge in [0.25, 0.3) is 0 Å². The molecule has 2 aliphatic rings. The maximum absolute atomic E-state index is 11.9. The molecule has 0 radical (unpaired) electrons. The fourth-order valence-electron chi connectivity index (χ4n) is 6.19. The largest absolute Gasteiger partial charge is 0.345 e. The second kappa shape index (κ2) is 12.6. The van der Waals surface area contributed by atoms with E-state index in [1.165, 1.54) is 33.9 Å². The highest BCUT2D eigenvalue weighted by Crippen LogP contribution is 2.47.